The van der Waals surface area contributed by atoms with E-state index in [9.17, 15) is 9.59 Å². The van der Waals surface area contributed by atoms with Gasteiger partial charge in [0.15, 0.2) is 11.6 Å². The predicted molar refractivity (Wildman–Crippen MR) is 114 cm³/mol. The Morgan fingerprint density at radius 2 is 1.87 bits per heavy atom. The van der Waals surface area contributed by atoms with Crippen LogP contribution in [0.5, 0.6) is 0 Å². The summed E-state index contributed by atoms with van der Waals surface area (Å²) < 4.78 is 1.70. The second-order valence-electron chi connectivity index (χ2n) is 7.49. The topological polar surface area (TPSA) is 96.4 Å². The van der Waals surface area contributed by atoms with Crippen molar-refractivity contribution in [3.8, 4) is 34.2 Å². The standard InChI is InChI=1S/C23H21N5O2/c1-2-18(29)15-9-6-10-16(13-15)19-20(22-26-27-23(30)28(22)17-11-12-17)25-21(24-19)14-7-4-3-5-8-14/h3-10,13,17H,2,11-12H2,1H3,(H,24,25)(H,27,30). The van der Waals surface area contributed by atoms with Gasteiger partial charge in [0.1, 0.15) is 17.2 Å². The van der Waals surface area contributed by atoms with Crippen LogP contribution in [0.3, 0.4) is 0 Å². The molecule has 30 heavy (non-hydrogen) atoms. The number of imidazole rings is 1. The van der Waals surface area contributed by atoms with Crippen molar-refractivity contribution < 1.29 is 4.79 Å². The maximum Gasteiger partial charge on any atom is 0.343 e. The van der Waals surface area contributed by atoms with Crippen molar-refractivity contribution in [1.82, 2.24) is 24.7 Å². The third-order valence-electron chi connectivity index (χ3n) is 5.37. The Morgan fingerprint density at radius 3 is 2.60 bits per heavy atom. The number of hydrogen-bond acceptors (Lipinski definition) is 4. The van der Waals surface area contributed by atoms with Crippen LogP contribution in [0, 0.1) is 0 Å². The van der Waals surface area contributed by atoms with E-state index < -0.39 is 0 Å². The van der Waals surface area contributed by atoms with Gasteiger partial charge in [0.05, 0.1) is 0 Å². The van der Waals surface area contributed by atoms with E-state index in [1.807, 2.05) is 61.5 Å². The van der Waals surface area contributed by atoms with Crippen molar-refractivity contribution in [2.45, 2.75) is 32.2 Å². The first-order chi connectivity index (χ1) is 14.7. The molecule has 0 radical (unpaired) electrons. The normalized spacial score (nSPS) is 13.5. The lowest BCUT2D eigenvalue weighted by Gasteiger charge is -2.06. The SMILES string of the molecule is CCC(=O)c1cccc(-c2nc(-c3ccccc3)[nH]c2-c2n[nH]c(=O)n2C2CC2)c1. The van der Waals surface area contributed by atoms with E-state index in [0.29, 0.717) is 35.0 Å². The van der Waals surface area contributed by atoms with Gasteiger partial charge in [0.25, 0.3) is 0 Å². The van der Waals surface area contributed by atoms with Crippen molar-refractivity contribution in [1.29, 1.82) is 0 Å². The molecule has 0 aliphatic heterocycles. The smallest absolute Gasteiger partial charge is 0.335 e. The average molecular weight is 399 g/mol. The van der Waals surface area contributed by atoms with E-state index in [1.165, 1.54) is 0 Å². The van der Waals surface area contributed by atoms with Crippen LogP contribution in [-0.4, -0.2) is 30.5 Å². The summed E-state index contributed by atoms with van der Waals surface area (Å²) in [5, 5.41) is 6.88. The van der Waals surface area contributed by atoms with Crippen LogP contribution in [0.15, 0.2) is 59.4 Å². The number of benzene rings is 2. The third-order valence-corrected chi connectivity index (χ3v) is 5.37. The van der Waals surface area contributed by atoms with Gasteiger partial charge in [0, 0.05) is 29.2 Å². The van der Waals surface area contributed by atoms with Crippen LogP contribution < -0.4 is 5.69 Å². The van der Waals surface area contributed by atoms with Crippen molar-refractivity contribution >= 4 is 5.78 Å². The fraction of sp³-hybridized carbons (Fsp3) is 0.217. The van der Waals surface area contributed by atoms with Crippen molar-refractivity contribution in [3.05, 3.63) is 70.6 Å². The molecule has 0 amide bonds. The molecule has 1 aliphatic rings. The van der Waals surface area contributed by atoms with Gasteiger partial charge in [-0.25, -0.2) is 14.9 Å². The number of aromatic amines is 2. The molecule has 0 atom stereocenters. The van der Waals surface area contributed by atoms with Crippen molar-refractivity contribution in [3.63, 3.8) is 0 Å². The number of carbonyl (C=O) groups excluding carboxylic acids is 1. The summed E-state index contributed by atoms with van der Waals surface area (Å²) >= 11 is 0. The molecule has 0 spiro atoms. The Bertz CT molecular complexity index is 1280. The summed E-state index contributed by atoms with van der Waals surface area (Å²) in [6, 6.07) is 17.4. The van der Waals surface area contributed by atoms with Crippen LogP contribution in [-0.2, 0) is 0 Å². The minimum Gasteiger partial charge on any atom is -0.335 e. The highest BCUT2D eigenvalue weighted by atomic mass is 16.2. The lowest BCUT2D eigenvalue weighted by atomic mass is 10.0. The van der Waals surface area contributed by atoms with E-state index >= 15 is 0 Å². The summed E-state index contributed by atoms with van der Waals surface area (Å²) in [5.74, 6) is 1.30. The molecule has 5 rings (SSSR count). The van der Waals surface area contributed by atoms with Crippen molar-refractivity contribution in [2.75, 3.05) is 0 Å². The number of H-pyrrole nitrogens is 2. The number of rotatable bonds is 6. The molecule has 2 N–H and O–H groups in total. The summed E-state index contributed by atoms with van der Waals surface area (Å²) in [4.78, 5) is 32.8. The second kappa shape index (κ2) is 7.26. The minimum absolute atomic E-state index is 0.0758. The van der Waals surface area contributed by atoms with Gasteiger partial charge >= 0.3 is 5.69 Å². The monoisotopic (exact) mass is 399 g/mol. The molecular formula is C23H21N5O2. The highest BCUT2D eigenvalue weighted by Gasteiger charge is 2.31. The largest absolute Gasteiger partial charge is 0.343 e. The number of ketones is 1. The van der Waals surface area contributed by atoms with E-state index in [0.717, 1.165) is 24.0 Å². The molecule has 0 saturated heterocycles. The molecule has 0 unspecified atom stereocenters. The second-order valence-corrected chi connectivity index (χ2v) is 7.49. The first-order valence-corrected chi connectivity index (χ1v) is 10.1. The minimum atomic E-state index is -0.218. The predicted octanol–water partition coefficient (Wildman–Crippen LogP) is 4.22. The molecule has 2 aromatic carbocycles. The number of Topliss-reactive ketones (excluding diaryl/α,β-unsaturated/α-hetero) is 1. The Morgan fingerprint density at radius 1 is 1.10 bits per heavy atom. The Hall–Kier alpha value is -3.74. The van der Waals surface area contributed by atoms with Crippen LogP contribution in [0.2, 0.25) is 0 Å². The number of carbonyl (C=O) groups is 1. The lowest BCUT2D eigenvalue weighted by molar-refractivity contribution is 0.0988. The zero-order valence-corrected chi connectivity index (χ0v) is 16.6. The van der Waals surface area contributed by atoms with Crippen LogP contribution in [0.25, 0.3) is 34.2 Å². The molecule has 7 nitrogen and oxygen atoms in total. The van der Waals surface area contributed by atoms with Gasteiger partial charge in [-0.15, -0.1) is 0 Å². The molecule has 4 aromatic rings. The summed E-state index contributed by atoms with van der Waals surface area (Å²) in [6.45, 7) is 1.85. The van der Waals surface area contributed by atoms with Crippen LogP contribution >= 0.6 is 0 Å². The Labute approximate surface area is 172 Å². The molecule has 7 heteroatoms. The van der Waals surface area contributed by atoms with Gasteiger partial charge in [-0.3, -0.25) is 9.36 Å². The molecule has 150 valence electrons. The molecule has 2 aromatic heterocycles. The van der Waals surface area contributed by atoms with Gasteiger partial charge < -0.3 is 4.98 Å². The average Bonchev–Trinajstić information content (AvgIpc) is 3.41. The lowest BCUT2D eigenvalue weighted by Crippen LogP contribution is -2.16. The molecule has 1 fully saturated rings. The highest BCUT2D eigenvalue weighted by Crippen LogP contribution is 2.38. The first kappa shape index (κ1) is 18.3. The van der Waals surface area contributed by atoms with Gasteiger partial charge in [-0.1, -0.05) is 55.5 Å². The number of nitrogens with zero attached hydrogens (tertiary/aromatic N) is 3. The fourth-order valence-electron chi connectivity index (χ4n) is 3.67. The van der Waals surface area contributed by atoms with Gasteiger partial charge in [-0.05, 0) is 18.9 Å². The maximum atomic E-state index is 12.4. The van der Waals surface area contributed by atoms with Crippen molar-refractivity contribution in [2.24, 2.45) is 0 Å². The van der Waals surface area contributed by atoms with E-state index in [-0.39, 0.29) is 17.5 Å². The number of hydrogen-bond donors (Lipinski definition) is 2. The van der Waals surface area contributed by atoms with Gasteiger partial charge in [0.2, 0.25) is 0 Å². The molecule has 0 bridgehead atoms. The van der Waals surface area contributed by atoms with E-state index in [2.05, 4.69) is 15.2 Å². The zero-order valence-electron chi connectivity index (χ0n) is 16.6. The van der Waals surface area contributed by atoms with Gasteiger partial charge in [-0.2, -0.15) is 5.10 Å². The van der Waals surface area contributed by atoms with Crippen LogP contribution in [0.1, 0.15) is 42.6 Å². The molecule has 1 aliphatic carbocycles. The fourth-order valence-corrected chi connectivity index (χ4v) is 3.67. The third kappa shape index (κ3) is 3.18. The zero-order chi connectivity index (χ0) is 20.7. The van der Waals surface area contributed by atoms with E-state index in [1.54, 1.807) is 4.57 Å². The molecular weight excluding hydrogens is 378 g/mol. The Kier molecular flexibility index (Phi) is 4.43. The van der Waals surface area contributed by atoms with E-state index in [4.69, 9.17) is 4.98 Å². The highest BCUT2D eigenvalue weighted by molar-refractivity contribution is 5.97. The van der Waals surface area contributed by atoms with Crippen LogP contribution in [0.4, 0.5) is 0 Å². The summed E-state index contributed by atoms with van der Waals surface area (Å²) in [6.07, 6.45) is 2.36. The summed E-state index contributed by atoms with van der Waals surface area (Å²) in [5.41, 5.74) is 3.50. The quantitative estimate of drug-likeness (QED) is 0.474. The Balaban J connectivity index is 1.71. The number of aromatic nitrogens is 5. The first-order valence-electron chi connectivity index (χ1n) is 10.1. The maximum absolute atomic E-state index is 12.4. The summed E-state index contributed by atoms with van der Waals surface area (Å²) in [7, 11) is 0. The number of nitrogens with one attached hydrogen (secondary N) is 2. The molecule has 1 saturated carbocycles. The molecule has 2 heterocycles.